The Balaban J connectivity index is 1.72. The molecule has 0 bridgehead atoms. The molecule has 2 aliphatic heterocycles. The van der Waals surface area contributed by atoms with Gasteiger partial charge in [0, 0.05) is 0 Å². The van der Waals surface area contributed by atoms with Crippen molar-refractivity contribution in [3.8, 4) is 11.5 Å². The molecule has 152 valence electrons. The summed E-state index contributed by atoms with van der Waals surface area (Å²) in [6.45, 7) is 7.39. The number of hydrogen-bond donors (Lipinski definition) is 0. The van der Waals surface area contributed by atoms with Crippen LogP contribution in [0.2, 0.25) is 0 Å². The third kappa shape index (κ3) is 4.02. The maximum absolute atomic E-state index is 6.61. The van der Waals surface area contributed by atoms with E-state index in [1.807, 2.05) is 25.1 Å². The molecule has 2 aromatic rings. The summed E-state index contributed by atoms with van der Waals surface area (Å²) < 4.78 is 26.0. The summed E-state index contributed by atoms with van der Waals surface area (Å²) in [6, 6.07) is 14.6. The molecule has 6 heteroatoms. The van der Waals surface area contributed by atoms with E-state index >= 15 is 0 Å². The molecule has 0 N–H and O–H groups in total. The number of hydrogen-bond acceptors (Lipinski definition) is 4. The first-order chi connectivity index (χ1) is 13.5. The molecule has 1 fully saturated rings. The zero-order valence-corrected chi connectivity index (χ0v) is 20.7. The van der Waals surface area contributed by atoms with Crippen LogP contribution >= 0.6 is 18.6 Å². The van der Waals surface area contributed by atoms with Crippen molar-refractivity contribution in [2.24, 2.45) is 0 Å². The molecule has 4 nitrogen and oxygen atoms in total. The third-order valence-corrected chi connectivity index (χ3v) is 8.29. The fourth-order valence-electron chi connectivity index (χ4n) is 3.87. The summed E-state index contributed by atoms with van der Waals surface area (Å²) in [7, 11) is 0. The fraction of sp³-hybridized carbons (Fsp3) is 0.455. The van der Waals surface area contributed by atoms with Gasteiger partial charge in [0.25, 0.3) is 0 Å². The van der Waals surface area contributed by atoms with Gasteiger partial charge in [-0.1, -0.05) is 0 Å². The number of alkyl halides is 1. The van der Waals surface area contributed by atoms with Crippen molar-refractivity contribution in [2.45, 2.75) is 44.7 Å². The van der Waals surface area contributed by atoms with Gasteiger partial charge < -0.3 is 0 Å². The minimum absolute atomic E-state index is 0.0513. The fourth-order valence-corrected chi connectivity index (χ4v) is 7.63. The summed E-state index contributed by atoms with van der Waals surface area (Å²) >= 11 is 2.43. The van der Waals surface area contributed by atoms with Gasteiger partial charge in [0.2, 0.25) is 0 Å². The van der Waals surface area contributed by atoms with E-state index < -0.39 is 5.79 Å². The van der Waals surface area contributed by atoms with Crippen molar-refractivity contribution in [1.29, 1.82) is 0 Å². The summed E-state index contributed by atoms with van der Waals surface area (Å²) in [5.74, 6) is 0.956. The van der Waals surface area contributed by atoms with E-state index in [1.165, 1.54) is 5.56 Å². The van der Waals surface area contributed by atoms with Gasteiger partial charge in [0.15, 0.2) is 0 Å². The molecular weight excluding hydrogens is 582 g/mol. The predicted octanol–water partition coefficient (Wildman–Crippen LogP) is 2.18. The normalized spacial score (nSPS) is 25.5. The van der Waals surface area contributed by atoms with Crippen molar-refractivity contribution in [2.75, 3.05) is 17.6 Å². The standard InChI is InChI=1S/C22H25I2O4/c1-4-25-18-11-17(10-16-12-21(2,3)28-20(16)18)22(14-24-23)26-13-19(27-22)15-8-6-5-7-9-15/h5-11,19H,4,12-14H2,1-3H3/q-1. The molecule has 0 spiro atoms. The molecule has 1 saturated heterocycles. The van der Waals surface area contributed by atoms with Gasteiger partial charge in [-0.2, -0.15) is 0 Å². The molecule has 2 atom stereocenters. The van der Waals surface area contributed by atoms with E-state index in [9.17, 15) is 0 Å². The van der Waals surface area contributed by atoms with Crippen molar-refractivity contribution in [3.05, 3.63) is 59.2 Å². The molecule has 0 radical (unpaired) electrons. The van der Waals surface area contributed by atoms with Crippen molar-refractivity contribution in [3.63, 3.8) is 0 Å². The van der Waals surface area contributed by atoms with Gasteiger partial charge in [0.1, 0.15) is 0 Å². The monoisotopic (exact) mass is 607 g/mol. The summed E-state index contributed by atoms with van der Waals surface area (Å²) in [5, 5.41) is 0. The van der Waals surface area contributed by atoms with Crippen LogP contribution in [0.5, 0.6) is 11.5 Å². The first-order valence-corrected chi connectivity index (χ1v) is 17.3. The minimum atomic E-state index is -0.706. The first-order valence-electron chi connectivity index (χ1n) is 9.52. The van der Waals surface area contributed by atoms with E-state index in [4.69, 9.17) is 18.9 Å². The average Bonchev–Trinajstić information content (AvgIpc) is 3.24. The SMILES string of the molecule is CCOc1cc(C2(C[I-]I)OCC(c3ccccc3)O2)cc2c1OC(C)(C)C2. The quantitative estimate of drug-likeness (QED) is 0.373. The molecule has 28 heavy (non-hydrogen) atoms. The van der Waals surface area contributed by atoms with Gasteiger partial charge in [-0.15, -0.1) is 0 Å². The zero-order chi connectivity index (χ0) is 19.8. The van der Waals surface area contributed by atoms with Crippen LogP contribution in [0.15, 0.2) is 42.5 Å². The van der Waals surface area contributed by atoms with Crippen LogP contribution in [0.4, 0.5) is 0 Å². The van der Waals surface area contributed by atoms with Crippen LogP contribution < -0.4 is 26.7 Å². The number of benzene rings is 2. The number of rotatable bonds is 6. The van der Waals surface area contributed by atoms with Crippen LogP contribution in [0.1, 0.15) is 43.6 Å². The molecule has 2 aromatic carbocycles. The second-order valence-electron chi connectivity index (χ2n) is 7.75. The Morgan fingerprint density at radius 3 is 2.71 bits per heavy atom. The van der Waals surface area contributed by atoms with Crippen LogP contribution in [-0.2, 0) is 21.7 Å². The Labute approximate surface area is 186 Å². The van der Waals surface area contributed by atoms with E-state index in [2.05, 4.69) is 56.7 Å². The Hall–Kier alpha value is -0.580. The van der Waals surface area contributed by atoms with Crippen LogP contribution in [0.25, 0.3) is 0 Å². The van der Waals surface area contributed by atoms with Crippen molar-refractivity contribution in [1.82, 2.24) is 0 Å². The second-order valence-corrected chi connectivity index (χ2v) is 13.0. The second kappa shape index (κ2) is 8.28. The van der Waals surface area contributed by atoms with Gasteiger partial charge in [-0.25, -0.2) is 0 Å². The molecule has 0 aromatic heterocycles. The topological polar surface area (TPSA) is 36.9 Å². The van der Waals surface area contributed by atoms with E-state index in [-0.39, 0.29) is 28.9 Å². The van der Waals surface area contributed by atoms with E-state index in [0.717, 1.165) is 33.5 Å². The van der Waals surface area contributed by atoms with Crippen molar-refractivity contribution < 1.29 is 36.2 Å². The Bertz CT molecular complexity index is 840. The van der Waals surface area contributed by atoms with Gasteiger partial charge in [0.05, 0.1) is 0 Å². The van der Waals surface area contributed by atoms with E-state index in [0.29, 0.717) is 13.2 Å². The molecule has 0 saturated carbocycles. The van der Waals surface area contributed by atoms with Crippen LogP contribution in [0, 0.1) is 0 Å². The molecule has 0 aliphatic carbocycles. The predicted molar refractivity (Wildman–Crippen MR) is 113 cm³/mol. The molecular formula is C22H25I2O4-. The molecule has 2 aliphatic rings. The average molecular weight is 607 g/mol. The van der Waals surface area contributed by atoms with Crippen molar-refractivity contribution >= 4 is 18.6 Å². The van der Waals surface area contributed by atoms with E-state index in [1.54, 1.807) is 0 Å². The third-order valence-electron chi connectivity index (χ3n) is 5.06. The molecule has 2 unspecified atom stereocenters. The van der Waals surface area contributed by atoms with Gasteiger partial charge in [-0.3, -0.25) is 0 Å². The number of halogens is 2. The number of fused-ring (bicyclic) bond motifs is 1. The van der Waals surface area contributed by atoms with Crippen LogP contribution in [-0.4, -0.2) is 23.2 Å². The zero-order valence-electron chi connectivity index (χ0n) is 16.3. The number of ether oxygens (including phenoxy) is 4. The Kier molecular flexibility index (Phi) is 6.11. The molecule has 2 heterocycles. The summed E-state index contributed by atoms with van der Waals surface area (Å²) in [6.07, 6.45) is 0.804. The Morgan fingerprint density at radius 2 is 2.00 bits per heavy atom. The summed E-state index contributed by atoms with van der Waals surface area (Å²) in [4.78, 5) is 0. The first kappa shape index (κ1) is 20.7. The van der Waals surface area contributed by atoms with Crippen LogP contribution in [0.3, 0.4) is 0 Å². The molecule has 0 amide bonds. The van der Waals surface area contributed by atoms with Gasteiger partial charge >= 0.3 is 188 Å². The molecule has 4 rings (SSSR count). The Morgan fingerprint density at radius 1 is 1.21 bits per heavy atom. The summed E-state index contributed by atoms with van der Waals surface area (Å²) in [5.41, 5.74) is 3.16. The van der Waals surface area contributed by atoms with Gasteiger partial charge in [-0.05, 0) is 0 Å². The maximum atomic E-state index is 6.61.